The molecule has 1 unspecified atom stereocenters. The maximum atomic E-state index is 13.0. The molecule has 2 aromatic carbocycles. The van der Waals surface area contributed by atoms with Gasteiger partial charge in [-0.25, -0.2) is 9.18 Å². The molecule has 1 heterocycles. The topological polar surface area (TPSA) is 52.6 Å². The van der Waals surface area contributed by atoms with Crippen molar-refractivity contribution in [1.29, 1.82) is 0 Å². The third-order valence-corrected chi connectivity index (χ3v) is 4.44. The van der Waals surface area contributed by atoms with Crippen LogP contribution >= 0.6 is 0 Å². The molecule has 0 saturated carbocycles. The number of benzene rings is 2. The number of hydrogen-bond donors (Lipinski definition) is 2. The molecule has 126 valence electrons. The minimum atomic E-state index is -0.902. The zero-order valence-electron chi connectivity index (χ0n) is 13.4. The van der Waals surface area contributed by atoms with E-state index in [4.69, 9.17) is 5.11 Å². The fourth-order valence-corrected chi connectivity index (χ4v) is 3.07. The molecule has 0 bridgehead atoms. The van der Waals surface area contributed by atoms with Crippen LogP contribution in [0.2, 0.25) is 0 Å². The van der Waals surface area contributed by atoms with Gasteiger partial charge in [0.2, 0.25) is 0 Å². The molecule has 1 aliphatic rings. The molecule has 1 saturated heterocycles. The average Bonchev–Trinajstić information content (AvgIpc) is 3.05. The first-order valence-corrected chi connectivity index (χ1v) is 8.15. The summed E-state index contributed by atoms with van der Waals surface area (Å²) in [4.78, 5) is 13.1. The van der Waals surface area contributed by atoms with Crippen LogP contribution in [-0.2, 0) is 6.54 Å². The summed E-state index contributed by atoms with van der Waals surface area (Å²) >= 11 is 0. The van der Waals surface area contributed by atoms with Crippen LogP contribution in [0.25, 0.3) is 0 Å². The van der Waals surface area contributed by atoms with Crippen molar-refractivity contribution in [2.75, 3.05) is 24.5 Å². The lowest BCUT2D eigenvalue weighted by atomic mass is 10.1. The van der Waals surface area contributed by atoms with Gasteiger partial charge < -0.3 is 15.3 Å². The average molecular weight is 328 g/mol. The number of nitrogens with zero attached hydrogens (tertiary/aromatic N) is 1. The summed E-state index contributed by atoms with van der Waals surface area (Å²) in [5.74, 6) is -0.542. The number of carboxylic acid groups (broad SMARTS) is 1. The van der Waals surface area contributed by atoms with E-state index in [0.717, 1.165) is 43.9 Å². The number of hydrogen-bond acceptors (Lipinski definition) is 3. The minimum absolute atomic E-state index is 0.204. The zero-order chi connectivity index (χ0) is 16.9. The minimum Gasteiger partial charge on any atom is -0.478 e. The molecular weight excluding hydrogens is 307 g/mol. The Bertz CT molecular complexity index is 686. The van der Waals surface area contributed by atoms with Gasteiger partial charge in [-0.15, -0.1) is 0 Å². The van der Waals surface area contributed by atoms with Crippen LogP contribution in [0.1, 0.15) is 22.3 Å². The monoisotopic (exact) mass is 328 g/mol. The van der Waals surface area contributed by atoms with Gasteiger partial charge in [0, 0.05) is 31.9 Å². The predicted molar refractivity (Wildman–Crippen MR) is 91.8 cm³/mol. The Balaban J connectivity index is 1.44. The molecule has 0 aliphatic carbocycles. The van der Waals surface area contributed by atoms with Gasteiger partial charge in [0.15, 0.2) is 0 Å². The standard InChI is InChI=1S/C19H21FN2O2/c20-17-5-7-18(8-6-17)22-10-9-15(13-22)12-21-11-14-1-3-16(4-2-14)19(23)24/h1-8,15,21H,9-13H2,(H,23,24). The van der Waals surface area contributed by atoms with E-state index in [0.29, 0.717) is 11.5 Å². The predicted octanol–water partition coefficient (Wildman–Crippen LogP) is 3.14. The van der Waals surface area contributed by atoms with E-state index in [1.165, 1.54) is 12.1 Å². The fraction of sp³-hybridized carbons (Fsp3) is 0.316. The summed E-state index contributed by atoms with van der Waals surface area (Å²) in [6.45, 7) is 3.60. The Morgan fingerprint density at radius 3 is 2.54 bits per heavy atom. The van der Waals surface area contributed by atoms with Gasteiger partial charge in [0.05, 0.1) is 5.56 Å². The first-order valence-electron chi connectivity index (χ1n) is 8.15. The lowest BCUT2D eigenvalue weighted by Gasteiger charge is -2.19. The molecule has 0 aromatic heterocycles. The number of rotatable bonds is 6. The van der Waals surface area contributed by atoms with Crippen molar-refractivity contribution in [3.8, 4) is 0 Å². The summed E-state index contributed by atoms with van der Waals surface area (Å²) in [5.41, 5.74) is 2.46. The molecule has 1 atom stereocenters. The molecule has 2 N–H and O–H groups in total. The highest BCUT2D eigenvalue weighted by molar-refractivity contribution is 5.87. The van der Waals surface area contributed by atoms with Gasteiger partial charge in [-0.1, -0.05) is 12.1 Å². The molecular formula is C19H21FN2O2. The lowest BCUT2D eigenvalue weighted by molar-refractivity contribution is 0.0697. The molecule has 0 spiro atoms. The van der Waals surface area contributed by atoms with Crippen LogP contribution in [-0.4, -0.2) is 30.7 Å². The largest absolute Gasteiger partial charge is 0.478 e. The van der Waals surface area contributed by atoms with Gasteiger partial charge in [-0.3, -0.25) is 0 Å². The Morgan fingerprint density at radius 2 is 1.88 bits per heavy atom. The molecule has 0 amide bonds. The molecule has 0 radical (unpaired) electrons. The summed E-state index contributed by atoms with van der Waals surface area (Å²) in [5, 5.41) is 12.3. The third kappa shape index (κ3) is 4.11. The van der Waals surface area contributed by atoms with E-state index in [1.807, 2.05) is 24.3 Å². The summed E-state index contributed by atoms with van der Waals surface area (Å²) in [6, 6.07) is 13.6. The van der Waals surface area contributed by atoms with Crippen molar-refractivity contribution in [3.63, 3.8) is 0 Å². The Kier molecular flexibility index (Phi) is 5.11. The number of carboxylic acids is 1. The smallest absolute Gasteiger partial charge is 0.335 e. The van der Waals surface area contributed by atoms with Gasteiger partial charge >= 0.3 is 5.97 Å². The second-order valence-electron chi connectivity index (χ2n) is 6.21. The van der Waals surface area contributed by atoms with Crippen LogP contribution in [0.4, 0.5) is 10.1 Å². The van der Waals surface area contributed by atoms with Gasteiger partial charge in [-0.2, -0.15) is 0 Å². The van der Waals surface area contributed by atoms with Crippen molar-refractivity contribution in [2.45, 2.75) is 13.0 Å². The third-order valence-electron chi connectivity index (χ3n) is 4.44. The highest BCUT2D eigenvalue weighted by Gasteiger charge is 2.22. The summed E-state index contributed by atoms with van der Waals surface area (Å²) < 4.78 is 13.0. The van der Waals surface area contributed by atoms with E-state index in [9.17, 15) is 9.18 Å². The molecule has 24 heavy (non-hydrogen) atoms. The Hall–Kier alpha value is -2.40. The molecule has 1 fully saturated rings. The highest BCUT2D eigenvalue weighted by Crippen LogP contribution is 2.23. The van der Waals surface area contributed by atoms with Crippen molar-refractivity contribution >= 4 is 11.7 Å². The van der Waals surface area contributed by atoms with E-state index < -0.39 is 5.97 Å². The number of carbonyl (C=O) groups is 1. The van der Waals surface area contributed by atoms with Gasteiger partial charge in [0.25, 0.3) is 0 Å². The summed E-state index contributed by atoms with van der Waals surface area (Å²) in [6.07, 6.45) is 1.11. The van der Waals surface area contributed by atoms with E-state index in [2.05, 4.69) is 10.2 Å². The number of aromatic carboxylic acids is 1. The number of anilines is 1. The second-order valence-corrected chi connectivity index (χ2v) is 6.21. The van der Waals surface area contributed by atoms with Crippen molar-refractivity contribution in [2.24, 2.45) is 5.92 Å². The van der Waals surface area contributed by atoms with E-state index in [-0.39, 0.29) is 5.82 Å². The maximum Gasteiger partial charge on any atom is 0.335 e. The van der Waals surface area contributed by atoms with E-state index in [1.54, 1.807) is 12.1 Å². The van der Waals surface area contributed by atoms with Gasteiger partial charge in [0.1, 0.15) is 5.82 Å². The van der Waals surface area contributed by atoms with Crippen molar-refractivity contribution < 1.29 is 14.3 Å². The van der Waals surface area contributed by atoms with Gasteiger partial charge in [-0.05, 0) is 54.3 Å². The SMILES string of the molecule is O=C(O)c1ccc(CNCC2CCN(c3ccc(F)cc3)C2)cc1. The normalized spacial score (nSPS) is 17.2. The zero-order valence-corrected chi connectivity index (χ0v) is 13.4. The number of nitrogens with one attached hydrogen (secondary N) is 1. The van der Waals surface area contributed by atoms with Crippen LogP contribution in [0.15, 0.2) is 48.5 Å². The quantitative estimate of drug-likeness (QED) is 0.855. The molecule has 3 rings (SSSR count). The van der Waals surface area contributed by atoms with E-state index >= 15 is 0 Å². The second kappa shape index (κ2) is 7.45. The summed E-state index contributed by atoms with van der Waals surface area (Å²) in [7, 11) is 0. The van der Waals surface area contributed by atoms with Crippen LogP contribution in [0.5, 0.6) is 0 Å². The Morgan fingerprint density at radius 1 is 1.17 bits per heavy atom. The van der Waals surface area contributed by atoms with Crippen molar-refractivity contribution in [1.82, 2.24) is 5.32 Å². The Labute approximate surface area is 140 Å². The van der Waals surface area contributed by atoms with Crippen LogP contribution < -0.4 is 10.2 Å². The number of halogens is 1. The first-order chi connectivity index (χ1) is 11.6. The lowest BCUT2D eigenvalue weighted by Crippen LogP contribution is -2.26. The molecule has 5 heteroatoms. The van der Waals surface area contributed by atoms with Crippen LogP contribution in [0.3, 0.4) is 0 Å². The fourth-order valence-electron chi connectivity index (χ4n) is 3.07. The molecule has 1 aliphatic heterocycles. The van der Waals surface area contributed by atoms with Crippen molar-refractivity contribution in [3.05, 3.63) is 65.5 Å². The maximum absolute atomic E-state index is 13.0. The highest BCUT2D eigenvalue weighted by atomic mass is 19.1. The van der Waals surface area contributed by atoms with Crippen LogP contribution in [0, 0.1) is 11.7 Å². The first kappa shape index (κ1) is 16.5. The molecule has 4 nitrogen and oxygen atoms in total. The molecule has 2 aromatic rings.